The first-order chi connectivity index (χ1) is 7.79. The number of halogens is 1. The van der Waals surface area contributed by atoms with E-state index in [-0.39, 0.29) is 18.5 Å². The van der Waals surface area contributed by atoms with Crippen LogP contribution in [0.5, 0.6) is 0 Å². The van der Waals surface area contributed by atoms with Crippen molar-refractivity contribution in [3.63, 3.8) is 0 Å². The van der Waals surface area contributed by atoms with Crippen molar-refractivity contribution in [1.29, 1.82) is 0 Å². The average molecular weight is 220 g/mol. The highest BCUT2D eigenvalue weighted by molar-refractivity contribution is 5.85. The number of H-pyrrole nitrogens is 1. The summed E-state index contributed by atoms with van der Waals surface area (Å²) in [7, 11) is 0. The van der Waals surface area contributed by atoms with E-state index >= 15 is 0 Å². The third-order valence-electron chi connectivity index (χ3n) is 3.20. The quantitative estimate of drug-likeness (QED) is 0.678. The minimum atomic E-state index is -0.186. The summed E-state index contributed by atoms with van der Waals surface area (Å²) in [5.41, 5.74) is 2.88. The van der Waals surface area contributed by atoms with E-state index in [1.165, 1.54) is 6.07 Å². The zero-order chi connectivity index (χ0) is 11.1. The molecule has 1 atom stereocenters. The molecular weight excluding hydrogens is 207 g/mol. The predicted molar refractivity (Wildman–Crippen MR) is 59.7 cm³/mol. The summed E-state index contributed by atoms with van der Waals surface area (Å²) in [6.45, 7) is 0.745. The van der Waals surface area contributed by atoms with Gasteiger partial charge in [0.25, 0.3) is 0 Å². The van der Waals surface area contributed by atoms with Gasteiger partial charge in [-0.3, -0.25) is 0 Å². The second-order valence-corrected chi connectivity index (χ2v) is 4.21. The van der Waals surface area contributed by atoms with Gasteiger partial charge in [-0.2, -0.15) is 0 Å². The minimum Gasteiger partial charge on any atom is -0.395 e. The van der Waals surface area contributed by atoms with Gasteiger partial charge in [0.05, 0.1) is 6.61 Å². The van der Waals surface area contributed by atoms with Crippen LogP contribution in [0.15, 0.2) is 18.2 Å². The smallest absolute Gasteiger partial charge is 0.132 e. The third kappa shape index (κ3) is 1.34. The van der Waals surface area contributed by atoms with Crippen LogP contribution in [0, 0.1) is 5.82 Å². The van der Waals surface area contributed by atoms with Gasteiger partial charge in [0.15, 0.2) is 0 Å². The number of aliphatic hydroxyl groups is 1. The van der Waals surface area contributed by atoms with Gasteiger partial charge < -0.3 is 15.4 Å². The van der Waals surface area contributed by atoms with Crippen molar-refractivity contribution < 1.29 is 9.50 Å². The Morgan fingerprint density at radius 2 is 2.31 bits per heavy atom. The molecule has 0 bridgehead atoms. The molecule has 0 fully saturated rings. The second-order valence-electron chi connectivity index (χ2n) is 4.21. The van der Waals surface area contributed by atoms with Crippen LogP contribution in [0.1, 0.15) is 11.3 Å². The van der Waals surface area contributed by atoms with Gasteiger partial charge in [-0.1, -0.05) is 6.07 Å². The molecule has 2 heterocycles. The van der Waals surface area contributed by atoms with Crippen molar-refractivity contribution in [2.24, 2.45) is 0 Å². The largest absolute Gasteiger partial charge is 0.395 e. The summed E-state index contributed by atoms with van der Waals surface area (Å²) in [4.78, 5) is 3.22. The van der Waals surface area contributed by atoms with Crippen LogP contribution in [0.25, 0.3) is 10.9 Å². The molecule has 0 spiro atoms. The van der Waals surface area contributed by atoms with Crippen molar-refractivity contribution in [3.05, 3.63) is 35.3 Å². The molecule has 0 aliphatic carbocycles. The Balaban J connectivity index is 2.19. The molecule has 0 saturated carbocycles. The molecule has 0 amide bonds. The van der Waals surface area contributed by atoms with E-state index in [0.717, 1.165) is 16.8 Å². The summed E-state index contributed by atoms with van der Waals surface area (Å²) in [6.07, 6.45) is 0.673. The van der Waals surface area contributed by atoms with E-state index in [2.05, 4.69) is 10.3 Å². The Hall–Kier alpha value is -1.39. The molecule has 1 unspecified atom stereocenters. The number of rotatable bonds is 1. The molecule has 1 aliphatic rings. The van der Waals surface area contributed by atoms with Crippen LogP contribution in [0.4, 0.5) is 4.39 Å². The Morgan fingerprint density at radius 1 is 1.44 bits per heavy atom. The van der Waals surface area contributed by atoms with Gasteiger partial charge in [0, 0.05) is 29.2 Å². The van der Waals surface area contributed by atoms with E-state index in [1.54, 1.807) is 6.07 Å². The van der Waals surface area contributed by atoms with Crippen molar-refractivity contribution in [1.82, 2.24) is 10.3 Å². The van der Waals surface area contributed by atoms with Crippen molar-refractivity contribution >= 4 is 10.9 Å². The predicted octanol–water partition coefficient (Wildman–Crippen LogP) is 1.31. The molecule has 1 aromatic carbocycles. The van der Waals surface area contributed by atoms with Gasteiger partial charge >= 0.3 is 0 Å². The summed E-state index contributed by atoms with van der Waals surface area (Å²) in [5, 5.41) is 13.0. The fourth-order valence-corrected chi connectivity index (χ4v) is 2.39. The lowest BCUT2D eigenvalue weighted by molar-refractivity contribution is 0.235. The Kier molecular flexibility index (Phi) is 2.19. The maximum atomic E-state index is 13.7. The highest BCUT2D eigenvalue weighted by atomic mass is 19.1. The van der Waals surface area contributed by atoms with E-state index in [1.807, 2.05) is 6.07 Å². The summed E-state index contributed by atoms with van der Waals surface area (Å²) in [5.74, 6) is -0.186. The molecule has 3 N–H and O–H groups in total. The van der Waals surface area contributed by atoms with Gasteiger partial charge in [0.2, 0.25) is 0 Å². The van der Waals surface area contributed by atoms with Gasteiger partial charge in [-0.25, -0.2) is 4.39 Å². The lowest BCUT2D eigenvalue weighted by Crippen LogP contribution is -2.38. The summed E-state index contributed by atoms with van der Waals surface area (Å²) >= 11 is 0. The first kappa shape index (κ1) is 9.81. The topological polar surface area (TPSA) is 48.0 Å². The van der Waals surface area contributed by atoms with Crippen LogP contribution in [0.3, 0.4) is 0 Å². The third-order valence-corrected chi connectivity index (χ3v) is 3.20. The van der Waals surface area contributed by atoms with Gasteiger partial charge in [-0.05, 0) is 24.1 Å². The lowest BCUT2D eigenvalue weighted by atomic mass is 9.99. The van der Waals surface area contributed by atoms with E-state index in [9.17, 15) is 4.39 Å². The summed E-state index contributed by atoms with van der Waals surface area (Å²) in [6, 6.07) is 5.10. The van der Waals surface area contributed by atoms with Crippen molar-refractivity contribution in [2.45, 2.75) is 19.0 Å². The fourth-order valence-electron chi connectivity index (χ4n) is 2.39. The number of fused-ring (bicyclic) bond motifs is 3. The number of aromatic nitrogens is 1. The highest BCUT2D eigenvalue weighted by Gasteiger charge is 2.22. The zero-order valence-electron chi connectivity index (χ0n) is 8.76. The Bertz CT molecular complexity index is 535. The normalized spacial score (nSPS) is 20.0. The summed E-state index contributed by atoms with van der Waals surface area (Å²) < 4.78 is 13.7. The number of hydrogen-bond acceptors (Lipinski definition) is 2. The molecule has 84 valence electrons. The first-order valence-electron chi connectivity index (χ1n) is 5.42. The number of nitrogens with one attached hydrogen (secondary N) is 2. The molecule has 0 saturated heterocycles. The number of aromatic amines is 1. The lowest BCUT2D eigenvalue weighted by Gasteiger charge is -2.22. The van der Waals surface area contributed by atoms with Crippen molar-refractivity contribution in [3.8, 4) is 0 Å². The molecule has 3 rings (SSSR count). The SMILES string of the molecule is OCC1Cc2c([nH]c3cccc(F)c23)CN1. The van der Waals surface area contributed by atoms with E-state index in [0.29, 0.717) is 18.4 Å². The Morgan fingerprint density at radius 3 is 3.12 bits per heavy atom. The number of aliphatic hydroxyl groups excluding tert-OH is 1. The zero-order valence-corrected chi connectivity index (χ0v) is 8.76. The fraction of sp³-hybridized carbons (Fsp3) is 0.333. The minimum absolute atomic E-state index is 0.0334. The Labute approximate surface area is 92.3 Å². The maximum Gasteiger partial charge on any atom is 0.132 e. The molecule has 16 heavy (non-hydrogen) atoms. The molecule has 3 nitrogen and oxygen atoms in total. The van der Waals surface area contributed by atoms with Crippen LogP contribution in [0.2, 0.25) is 0 Å². The highest BCUT2D eigenvalue weighted by Crippen LogP contribution is 2.28. The van der Waals surface area contributed by atoms with E-state index < -0.39 is 0 Å². The second kappa shape index (κ2) is 3.57. The van der Waals surface area contributed by atoms with Crippen LogP contribution in [-0.2, 0) is 13.0 Å². The maximum absolute atomic E-state index is 13.7. The van der Waals surface area contributed by atoms with Crippen LogP contribution >= 0.6 is 0 Å². The van der Waals surface area contributed by atoms with Crippen LogP contribution in [-0.4, -0.2) is 22.7 Å². The molecular formula is C12H13FN2O. The molecule has 0 radical (unpaired) electrons. The molecule has 1 aromatic heterocycles. The molecule has 1 aliphatic heterocycles. The number of hydrogen-bond donors (Lipinski definition) is 3. The standard InChI is InChI=1S/C12H13FN2O/c13-9-2-1-3-10-12(9)8-4-7(6-16)14-5-11(8)15-10/h1-3,7,14-16H,4-6H2. The molecule has 2 aromatic rings. The van der Waals surface area contributed by atoms with E-state index in [4.69, 9.17) is 5.11 Å². The van der Waals surface area contributed by atoms with Crippen molar-refractivity contribution in [2.75, 3.05) is 6.61 Å². The van der Waals surface area contributed by atoms with Gasteiger partial charge in [0.1, 0.15) is 5.82 Å². The van der Waals surface area contributed by atoms with Gasteiger partial charge in [-0.15, -0.1) is 0 Å². The average Bonchev–Trinajstić information content (AvgIpc) is 2.67. The monoisotopic (exact) mass is 220 g/mol. The molecule has 4 heteroatoms. The first-order valence-corrected chi connectivity index (χ1v) is 5.42. The van der Waals surface area contributed by atoms with Crippen LogP contribution < -0.4 is 5.32 Å². The number of benzene rings is 1.